The lowest BCUT2D eigenvalue weighted by Gasteiger charge is -2.46. The van der Waals surface area contributed by atoms with E-state index in [4.69, 9.17) is 10.5 Å². The number of nitrogens with zero attached hydrogens (tertiary/aromatic N) is 1. The molecule has 0 aliphatic carbocycles. The number of anilines is 1. The Morgan fingerprint density at radius 2 is 1.91 bits per heavy atom. The van der Waals surface area contributed by atoms with E-state index < -0.39 is 0 Å². The summed E-state index contributed by atoms with van der Waals surface area (Å²) in [5, 5.41) is 3.49. The molecule has 2 saturated heterocycles. The SMILES string of the molecule is NC(=O)C1CCN(C[C@H]2CC[C@@H]3[C@H](O2)c2cc(Br)cc(F)c2N[C@H]3c2ccccc2)CC1. The first kappa shape index (κ1) is 21.9. The van der Waals surface area contributed by atoms with E-state index in [1.54, 1.807) is 0 Å². The number of carbonyl (C=O) groups is 1. The molecule has 0 unspecified atom stereocenters. The number of primary amides is 1. The summed E-state index contributed by atoms with van der Waals surface area (Å²) in [5.41, 5.74) is 8.08. The molecule has 3 aliphatic heterocycles. The number of carbonyl (C=O) groups excluding carboxylic acids is 1. The van der Waals surface area contributed by atoms with Crippen molar-refractivity contribution in [1.29, 1.82) is 0 Å². The van der Waals surface area contributed by atoms with Crippen LogP contribution in [0, 0.1) is 17.7 Å². The van der Waals surface area contributed by atoms with Crippen LogP contribution in [0.15, 0.2) is 46.9 Å². The second-order valence-electron chi connectivity index (χ2n) is 9.28. The van der Waals surface area contributed by atoms with Gasteiger partial charge in [0.05, 0.1) is 23.9 Å². The van der Waals surface area contributed by atoms with Gasteiger partial charge in [0.15, 0.2) is 0 Å². The second-order valence-corrected chi connectivity index (χ2v) is 10.2. The molecule has 1 amide bonds. The van der Waals surface area contributed by atoms with Crippen molar-refractivity contribution in [3.05, 3.63) is 63.9 Å². The first-order chi connectivity index (χ1) is 15.5. The standard InChI is InChI=1S/C25H29BrFN3O2/c26-17-12-20-23(21(27)13-17)29-22(15-4-2-1-3-5-15)19-7-6-18(32-24(19)20)14-30-10-8-16(9-11-30)25(28)31/h1-5,12-13,16,18-19,22,24,29H,6-11,14H2,(H2,28,31)/t18-,19+,22+,24+/m1/s1. The number of amides is 1. The van der Waals surface area contributed by atoms with E-state index in [0.29, 0.717) is 5.69 Å². The Bertz CT molecular complexity index is 981. The third kappa shape index (κ3) is 4.30. The average molecular weight is 502 g/mol. The van der Waals surface area contributed by atoms with Crippen LogP contribution >= 0.6 is 15.9 Å². The Kier molecular flexibility index (Phi) is 6.23. The van der Waals surface area contributed by atoms with E-state index in [1.165, 1.54) is 6.07 Å². The zero-order valence-electron chi connectivity index (χ0n) is 18.0. The molecular weight excluding hydrogens is 473 g/mol. The summed E-state index contributed by atoms with van der Waals surface area (Å²) in [6.07, 6.45) is 3.53. The van der Waals surface area contributed by atoms with Gasteiger partial charge in [0.25, 0.3) is 0 Å². The summed E-state index contributed by atoms with van der Waals surface area (Å²) in [6, 6.07) is 13.8. The van der Waals surface area contributed by atoms with Gasteiger partial charge in [0, 0.05) is 28.4 Å². The van der Waals surface area contributed by atoms with Crippen LogP contribution in [0.2, 0.25) is 0 Å². The summed E-state index contributed by atoms with van der Waals surface area (Å²) in [7, 11) is 0. The summed E-state index contributed by atoms with van der Waals surface area (Å²) in [4.78, 5) is 13.8. The first-order valence-electron chi connectivity index (χ1n) is 11.5. The fourth-order valence-corrected chi connectivity index (χ4v) is 6.04. The van der Waals surface area contributed by atoms with Crippen LogP contribution in [-0.4, -0.2) is 36.5 Å². The highest BCUT2D eigenvalue weighted by molar-refractivity contribution is 9.10. The molecule has 0 saturated carbocycles. The van der Waals surface area contributed by atoms with Gasteiger partial charge in [-0.25, -0.2) is 4.39 Å². The summed E-state index contributed by atoms with van der Waals surface area (Å²) in [5.74, 6) is -0.220. The van der Waals surface area contributed by atoms with Gasteiger partial charge in [-0.05, 0) is 56.5 Å². The maximum Gasteiger partial charge on any atom is 0.220 e. The van der Waals surface area contributed by atoms with Crippen LogP contribution in [0.4, 0.5) is 10.1 Å². The van der Waals surface area contributed by atoms with Gasteiger partial charge in [-0.3, -0.25) is 4.79 Å². The molecule has 2 aromatic rings. The molecule has 0 spiro atoms. The molecule has 3 aliphatic rings. The van der Waals surface area contributed by atoms with E-state index in [1.807, 2.05) is 24.3 Å². The molecule has 0 aromatic heterocycles. The normalized spacial score (nSPS) is 28.4. The zero-order valence-corrected chi connectivity index (χ0v) is 19.6. The molecule has 4 atom stereocenters. The first-order valence-corrected chi connectivity index (χ1v) is 12.3. The monoisotopic (exact) mass is 501 g/mol. The molecule has 2 aromatic carbocycles. The third-order valence-electron chi connectivity index (χ3n) is 7.28. The molecule has 0 bridgehead atoms. The van der Waals surface area contributed by atoms with Crippen molar-refractivity contribution >= 4 is 27.5 Å². The largest absolute Gasteiger partial charge is 0.375 e. The number of piperidine rings is 1. The van der Waals surface area contributed by atoms with Crippen molar-refractivity contribution in [2.24, 2.45) is 17.6 Å². The van der Waals surface area contributed by atoms with Crippen LogP contribution in [0.1, 0.15) is 49.0 Å². The van der Waals surface area contributed by atoms with Crippen LogP contribution in [0.3, 0.4) is 0 Å². The van der Waals surface area contributed by atoms with Crippen LogP contribution in [-0.2, 0) is 9.53 Å². The van der Waals surface area contributed by atoms with Gasteiger partial charge in [-0.2, -0.15) is 0 Å². The predicted molar refractivity (Wildman–Crippen MR) is 126 cm³/mol. The van der Waals surface area contributed by atoms with Gasteiger partial charge in [-0.15, -0.1) is 0 Å². The number of halogens is 2. The highest BCUT2D eigenvalue weighted by atomic mass is 79.9. The Morgan fingerprint density at radius 3 is 2.62 bits per heavy atom. The summed E-state index contributed by atoms with van der Waals surface area (Å²) < 4.78 is 22.4. The molecule has 3 N–H and O–H groups in total. The number of hydrogen-bond acceptors (Lipinski definition) is 4. The van der Waals surface area contributed by atoms with E-state index in [-0.39, 0.29) is 41.8 Å². The Labute approximate surface area is 196 Å². The minimum absolute atomic E-state index is 0.00819. The topological polar surface area (TPSA) is 67.6 Å². The molecule has 32 heavy (non-hydrogen) atoms. The lowest BCUT2D eigenvalue weighted by molar-refractivity contribution is -0.124. The number of ether oxygens (including phenoxy) is 1. The van der Waals surface area contributed by atoms with Gasteiger partial charge < -0.3 is 20.7 Å². The van der Waals surface area contributed by atoms with E-state index in [0.717, 1.165) is 60.9 Å². The number of rotatable bonds is 4. The van der Waals surface area contributed by atoms with Crippen molar-refractivity contribution in [2.45, 2.75) is 43.9 Å². The number of nitrogens with two attached hydrogens (primary N) is 1. The zero-order chi connectivity index (χ0) is 22.2. The lowest BCUT2D eigenvalue weighted by Crippen LogP contribution is -2.46. The highest BCUT2D eigenvalue weighted by Gasteiger charge is 2.43. The molecule has 3 heterocycles. The Balaban J connectivity index is 1.37. The Morgan fingerprint density at radius 1 is 1.16 bits per heavy atom. The van der Waals surface area contributed by atoms with Crippen molar-refractivity contribution in [1.82, 2.24) is 4.90 Å². The predicted octanol–water partition coefficient (Wildman–Crippen LogP) is 4.79. The minimum Gasteiger partial charge on any atom is -0.375 e. The van der Waals surface area contributed by atoms with Gasteiger partial charge in [0.1, 0.15) is 5.82 Å². The van der Waals surface area contributed by atoms with E-state index in [2.05, 4.69) is 38.3 Å². The van der Waals surface area contributed by atoms with Crippen LogP contribution in [0.5, 0.6) is 0 Å². The number of fused-ring (bicyclic) bond motifs is 3. The maximum atomic E-state index is 15.0. The van der Waals surface area contributed by atoms with Gasteiger partial charge in [-0.1, -0.05) is 46.3 Å². The maximum absolute atomic E-state index is 15.0. The summed E-state index contributed by atoms with van der Waals surface area (Å²) >= 11 is 3.46. The molecule has 0 radical (unpaired) electrons. The minimum atomic E-state index is -0.256. The third-order valence-corrected chi connectivity index (χ3v) is 7.74. The number of benzene rings is 2. The molecule has 5 nitrogen and oxygen atoms in total. The molecular formula is C25H29BrFN3O2. The quantitative estimate of drug-likeness (QED) is 0.631. The van der Waals surface area contributed by atoms with Crippen molar-refractivity contribution in [3.8, 4) is 0 Å². The van der Waals surface area contributed by atoms with Crippen LogP contribution in [0.25, 0.3) is 0 Å². The second kappa shape index (κ2) is 9.12. The van der Waals surface area contributed by atoms with E-state index >= 15 is 0 Å². The molecule has 2 fully saturated rings. The highest BCUT2D eigenvalue weighted by Crippen LogP contribution is 2.51. The van der Waals surface area contributed by atoms with Crippen molar-refractivity contribution in [3.63, 3.8) is 0 Å². The molecule has 7 heteroatoms. The van der Waals surface area contributed by atoms with Gasteiger partial charge in [0.2, 0.25) is 5.91 Å². The molecule has 5 rings (SSSR count). The fraction of sp³-hybridized carbons (Fsp3) is 0.480. The number of nitrogens with one attached hydrogen (secondary N) is 1. The fourth-order valence-electron chi connectivity index (χ4n) is 5.60. The van der Waals surface area contributed by atoms with Crippen LogP contribution < -0.4 is 11.1 Å². The van der Waals surface area contributed by atoms with Crippen molar-refractivity contribution in [2.75, 3.05) is 25.0 Å². The average Bonchev–Trinajstić information content (AvgIpc) is 2.79. The summed E-state index contributed by atoms with van der Waals surface area (Å²) in [6.45, 7) is 2.57. The lowest BCUT2D eigenvalue weighted by atomic mass is 9.76. The van der Waals surface area contributed by atoms with Gasteiger partial charge >= 0.3 is 0 Å². The number of hydrogen-bond donors (Lipinski definition) is 2. The Hall–Kier alpha value is -1.96. The number of likely N-dealkylation sites (tertiary alicyclic amines) is 1. The smallest absolute Gasteiger partial charge is 0.220 e. The van der Waals surface area contributed by atoms with Crippen molar-refractivity contribution < 1.29 is 13.9 Å². The molecule has 170 valence electrons. The van der Waals surface area contributed by atoms with E-state index in [9.17, 15) is 9.18 Å².